The second kappa shape index (κ2) is 8.25. The van der Waals surface area contributed by atoms with Crippen LogP contribution < -0.4 is 4.90 Å². The molecule has 0 radical (unpaired) electrons. The van der Waals surface area contributed by atoms with Crippen molar-refractivity contribution in [3.05, 3.63) is 54.0 Å². The Morgan fingerprint density at radius 3 is 2.75 bits per heavy atom. The highest BCUT2D eigenvalue weighted by atomic mass is 15.2. The van der Waals surface area contributed by atoms with Crippen molar-refractivity contribution in [3.63, 3.8) is 0 Å². The van der Waals surface area contributed by atoms with Gasteiger partial charge in [0.15, 0.2) is 0 Å². The molecule has 3 rings (SSSR count). The zero-order valence-corrected chi connectivity index (χ0v) is 14.9. The van der Waals surface area contributed by atoms with E-state index < -0.39 is 0 Å². The Labute approximate surface area is 145 Å². The number of hydrogen-bond acceptors (Lipinski definition) is 4. The summed E-state index contributed by atoms with van der Waals surface area (Å²) in [6, 6.07) is 11.2. The standard InChI is InChI=1S/C20H28N4/c1-23(2)20-12-9-17(15-22-20)16-24-14-6-4-8-19(24)11-10-18-7-3-5-13-21-18/h3,5,7,9,12-13,15,19H,4,6,8,10-11,14,16H2,1-2H3. The van der Waals surface area contributed by atoms with Crippen molar-refractivity contribution >= 4 is 5.82 Å². The zero-order chi connectivity index (χ0) is 16.8. The van der Waals surface area contributed by atoms with E-state index in [4.69, 9.17) is 0 Å². The average molecular weight is 324 g/mol. The molecule has 2 aromatic rings. The molecular weight excluding hydrogens is 296 g/mol. The second-order valence-electron chi connectivity index (χ2n) is 6.90. The van der Waals surface area contributed by atoms with Gasteiger partial charge in [0.25, 0.3) is 0 Å². The van der Waals surface area contributed by atoms with E-state index in [-0.39, 0.29) is 0 Å². The van der Waals surface area contributed by atoms with Crippen LogP contribution >= 0.6 is 0 Å². The molecule has 4 nitrogen and oxygen atoms in total. The van der Waals surface area contributed by atoms with Gasteiger partial charge >= 0.3 is 0 Å². The lowest BCUT2D eigenvalue weighted by atomic mass is 9.96. The average Bonchev–Trinajstić information content (AvgIpc) is 2.62. The second-order valence-corrected chi connectivity index (χ2v) is 6.90. The molecule has 0 aromatic carbocycles. The maximum atomic E-state index is 4.55. The number of hydrogen-bond donors (Lipinski definition) is 0. The molecule has 3 heterocycles. The monoisotopic (exact) mass is 324 g/mol. The third-order valence-corrected chi connectivity index (χ3v) is 4.86. The molecule has 0 saturated carbocycles. The predicted molar refractivity (Wildman–Crippen MR) is 99.2 cm³/mol. The first-order valence-corrected chi connectivity index (χ1v) is 8.98. The summed E-state index contributed by atoms with van der Waals surface area (Å²) in [5.41, 5.74) is 2.52. The third-order valence-electron chi connectivity index (χ3n) is 4.86. The number of pyridine rings is 2. The first kappa shape index (κ1) is 16.9. The Morgan fingerprint density at radius 1 is 1.12 bits per heavy atom. The Balaban J connectivity index is 1.59. The molecule has 1 aliphatic heterocycles. The van der Waals surface area contributed by atoms with Gasteiger partial charge in [0, 0.05) is 44.8 Å². The smallest absolute Gasteiger partial charge is 0.127 e. The topological polar surface area (TPSA) is 32.3 Å². The zero-order valence-electron chi connectivity index (χ0n) is 14.9. The fraction of sp³-hybridized carbons (Fsp3) is 0.500. The van der Waals surface area contributed by atoms with E-state index >= 15 is 0 Å². The van der Waals surface area contributed by atoms with Crippen LogP contribution in [0.2, 0.25) is 0 Å². The maximum absolute atomic E-state index is 4.55. The van der Waals surface area contributed by atoms with Crippen LogP contribution in [0.3, 0.4) is 0 Å². The van der Waals surface area contributed by atoms with Crippen LogP contribution in [0.5, 0.6) is 0 Å². The fourth-order valence-corrected chi connectivity index (χ4v) is 3.46. The Hall–Kier alpha value is -1.94. The van der Waals surface area contributed by atoms with E-state index in [1.807, 2.05) is 37.5 Å². The molecule has 1 fully saturated rings. The van der Waals surface area contributed by atoms with Crippen LogP contribution in [-0.2, 0) is 13.0 Å². The molecule has 1 aliphatic rings. The molecule has 0 amide bonds. The molecule has 128 valence electrons. The van der Waals surface area contributed by atoms with Gasteiger partial charge in [0.05, 0.1) is 0 Å². The lowest BCUT2D eigenvalue weighted by Gasteiger charge is -2.36. The number of aryl methyl sites for hydroxylation is 1. The summed E-state index contributed by atoms with van der Waals surface area (Å²) in [6.07, 6.45) is 10.1. The van der Waals surface area contributed by atoms with Crippen molar-refractivity contribution in [1.29, 1.82) is 0 Å². The molecule has 0 aliphatic carbocycles. The van der Waals surface area contributed by atoms with Gasteiger partial charge in [0.1, 0.15) is 5.82 Å². The normalized spacial score (nSPS) is 18.5. The molecule has 2 aromatic heterocycles. The van der Waals surface area contributed by atoms with Crippen molar-refractivity contribution in [3.8, 4) is 0 Å². The molecular formula is C20H28N4. The van der Waals surface area contributed by atoms with Gasteiger partial charge in [0.2, 0.25) is 0 Å². The van der Waals surface area contributed by atoms with Crippen LogP contribution in [-0.4, -0.2) is 41.5 Å². The summed E-state index contributed by atoms with van der Waals surface area (Å²) in [5, 5.41) is 0. The highest BCUT2D eigenvalue weighted by Crippen LogP contribution is 2.23. The first-order valence-electron chi connectivity index (χ1n) is 8.98. The van der Waals surface area contributed by atoms with Gasteiger partial charge in [-0.2, -0.15) is 0 Å². The molecule has 0 spiro atoms. The van der Waals surface area contributed by atoms with Crippen molar-refractivity contribution in [2.24, 2.45) is 0 Å². The number of rotatable bonds is 6. The van der Waals surface area contributed by atoms with E-state index in [1.165, 1.54) is 43.5 Å². The van der Waals surface area contributed by atoms with E-state index in [2.05, 4.69) is 39.1 Å². The molecule has 1 unspecified atom stereocenters. The summed E-state index contributed by atoms with van der Waals surface area (Å²) in [4.78, 5) is 13.7. The number of piperidine rings is 1. The number of anilines is 1. The Kier molecular flexibility index (Phi) is 5.81. The van der Waals surface area contributed by atoms with Gasteiger partial charge in [-0.05, 0) is 56.0 Å². The summed E-state index contributed by atoms with van der Waals surface area (Å²) in [7, 11) is 4.06. The maximum Gasteiger partial charge on any atom is 0.127 e. The molecule has 0 N–H and O–H groups in total. The molecule has 0 bridgehead atoms. The molecule has 1 saturated heterocycles. The SMILES string of the molecule is CN(C)c1ccc(CN2CCCCC2CCc2ccccn2)cn1. The van der Waals surface area contributed by atoms with Crippen molar-refractivity contribution in [2.45, 2.75) is 44.7 Å². The molecule has 1 atom stereocenters. The number of aromatic nitrogens is 2. The van der Waals surface area contributed by atoms with Gasteiger partial charge in [-0.3, -0.25) is 9.88 Å². The molecule has 4 heteroatoms. The van der Waals surface area contributed by atoms with Crippen LogP contribution in [0.25, 0.3) is 0 Å². The largest absolute Gasteiger partial charge is 0.363 e. The predicted octanol–water partition coefficient (Wildman–Crippen LogP) is 3.53. The summed E-state index contributed by atoms with van der Waals surface area (Å²) in [5.74, 6) is 1.02. The van der Waals surface area contributed by atoms with Gasteiger partial charge in [-0.25, -0.2) is 4.98 Å². The number of likely N-dealkylation sites (tertiary alicyclic amines) is 1. The van der Waals surface area contributed by atoms with Crippen molar-refractivity contribution < 1.29 is 0 Å². The van der Waals surface area contributed by atoms with Gasteiger partial charge in [-0.1, -0.05) is 18.6 Å². The first-order chi connectivity index (χ1) is 11.7. The highest BCUT2D eigenvalue weighted by molar-refractivity contribution is 5.37. The van der Waals surface area contributed by atoms with E-state index in [9.17, 15) is 0 Å². The lowest BCUT2D eigenvalue weighted by molar-refractivity contribution is 0.132. The van der Waals surface area contributed by atoms with E-state index in [0.717, 1.165) is 18.8 Å². The van der Waals surface area contributed by atoms with Crippen molar-refractivity contribution in [1.82, 2.24) is 14.9 Å². The van der Waals surface area contributed by atoms with Gasteiger partial charge in [-0.15, -0.1) is 0 Å². The highest BCUT2D eigenvalue weighted by Gasteiger charge is 2.22. The minimum Gasteiger partial charge on any atom is -0.363 e. The number of nitrogens with zero attached hydrogens (tertiary/aromatic N) is 4. The minimum atomic E-state index is 0.661. The third kappa shape index (κ3) is 4.54. The summed E-state index contributed by atoms with van der Waals surface area (Å²) in [6.45, 7) is 2.20. The lowest BCUT2D eigenvalue weighted by Crippen LogP contribution is -2.39. The molecule has 24 heavy (non-hydrogen) atoms. The quantitative estimate of drug-likeness (QED) is 0.814. The van der Waals surface area contributed by atoms with Crippen LogP contribution in [0, 0.1) is 0 Å². The van der Waals surface area contributed by atoms with Crippen LogP contribution in [0.15, 0.2) is 42.7 Å². The Bertz CT molecular complexity index is 609. The van der Waals surface area contributed by atoms with Gasteiger partial charge < -0.3 is 4.90 Å². The van der Waals surface area contributed by atoms with E-state index in [1.54, 1.807) is 0 Å². The Morgan fingerprint density at radius 2 is 2.04 bits per heavy atom. The van der Waals surface area contributed by atoms with Crippen molar-refractivity contribution in [2.75, 3.05) is 25.5 Å². The minimum absolute atomic E-state index is 0.661. The van der Waals surface area contributed by atoms with E-state index in [0.29, 0.717) is 6.04 Å². The summed E-state index contributed by atoms with van der Waals surface area (Å²) < 4.78 is 0. The van der Waals surface area contributed by atoms with Crippen LogP contribution in [0.4, 0.5) is 5.82 Å². The van der Waals surface area contributed by atoms with Crippen LogP contribution in [0.1, 0.15) is 36.9 Å². The fourth-order valence-electron chi connectivity index (χ4n) is 3.46. The summed E-state index contributed by atoms with van der Waals surface area (Å²) >= 11 is 0.